The first-order chi connectivity index (χ1) is 6.97. The van der Waals surface area contributed by atoms with Crippen LogP contribution in [0.3, 0.4) is 0 Å². The number of thioether (sulfide) groups is 1. The molecule has 1 unspecified atom stereocenters. The van der Waals surface area contributed by atoms with Gasteiger partial charge in [-0.1, -0.05) is 0 Å². The predicted octanol–water partition coefficient (Wildman–Crippen LogP) is 0.760. The number of alkyl halides is 3. The van der Waals surface area contributed by atoms with E-state index in [0.29, 0.717) is 0 Å². The molecule has 0 aromatic carbocycles. The second-order valence-corrected chi connectivity index (χ2v) is 4.47. The van der Waals surface area contributed by atoms with Crippen LogP contribution in [0.15, 0.2) is 0 Å². The molecule has 7 heteroatoms. The van der Waals surface area contributed by atoms with Crippen LogP contribution in [0.1, 0.15) is 6.42 Å². The van der Waals surface area contributed by atoms with Crippen molar-refractivity contribution in [3.63, 3.8) is 0 Å². The standard InChI is InChI=1S/C8H13F3N2OS/c9-8(10,11)5-13-7(14)3-6-4-15-2-1-12-6/h6,12H,1-5H2,(H,13,14). The highest BCUT2D eigenvalue weighted by Gasteiger charge is 2.28. The molecule has 0 aromatic rings. The van der Waals surface area contributed by atoms with Crippen LogP contribution >= 0.6 is 11.8 Å². The van der Waals surface area contributed by atoms with Crippen molar-refractivity contribution < 1.29 is 18.0 Å². The van der Waals surface area contributed by atoms with Crippen LogP contribution in [0.5, 0.6) is 0 Å². The van der Waals surface area contributed by atoms with Crippen LogP contribution in [0.25, 0.3) is 0 Å². The van der Waals surface area contributed by atoms with Crippen molar-refractivity contribution in [3.8, 4) is 0 Å². The molecule has 0 saturated carbocycles. The molecule has 1 rings (SSSR count). The average Bonchev–Trinajstić information content (AvgIpc) is 2.15. The van der Waals surface area contributed by atoms with Gasteiger partial charge in [-0.3, -0.25) is 4.79 Å². The van der Waals surface area contributed by atoms with Gasteiger partial charge in [0.2, 0.25) is 5.91 Å². The average molecular weight is 242 g/mol. The van der Waals surface area contributed by atoms with E-state index in [4.69, 9.17) is 0 Å². The van der Waals surface area contributed by atoms with Crippen molar-refractivity contribution in [2.75, 3.05) is 24.6 Å². The van der Waals surface area contributed by atoms with Crippen LogP contribution in [0.4, 0.5) is 13.2 Å². The Bertz CT molecular complexity index is 216. The van der Waals surface area contributed by atoms with Crippen molar-refractivity contribution in [1.82, 2.24) is 10.6 Å². The van der Waals surface area contributed by atoms with Crippen LogP contribution < -0.4 is 10.6 Å². The van der Waals surface area contributed by atoms with Crippen LogP contribution in [0, 0.1) is 0 Å². The fourth-order valence-electron chi connectivity index (χ4n) is 1.25. The molecule has 0 radical (unpaired) electrons. The summed E-state index contributed by atoms with van der Waals surface area (Å²) in [5.74, 6) is 1.22. The highest BCUT2D eigenvalue weighted by molar-refractivity contribution is 7.99. The van der Waals surface area contributed by atoms with E-state index in [9.17, 15) is 18.0 Å². The lowest BCUT2D eigenvalue weighted by Gasteiger charge is -2.22. The Labute approximate surface area is 90.2 Å². The Morgan fingerprint density at radius 3 is 2.80 bits per heavy atom. The minimum absolute atomic E-state index is 0.00279. The van der Waals surface area contributed by atoms with Crippen LogP contribution in [-0.4, -0.2) is 42.7 Å². The lowest BCUT2D eigenvalue weighted by atomic mass is 10.2. The van der Waals surface area contributed by atoms with Gasteiger partial charge in [0.15, 0.2) is 0 Å². The molecule has 0 aliphatic carbocycles. The predicted molar refractivity (Wildman–Crippen MR) is 52.8 cm³/mol. The number of rotatable bonds is 3. The number of hydrogen-bond donors (Lipinski definition) is 2. The van der Waals surface area contributed by atoms with E-state index < -0.39 is 18.6 Å². The summed E-state index contributed by atoms with van der Waals surface area (Å²) in [5.41, 5.74) is 0. The summed E-state index contributed by atoms with van der Waals surface area (Å²) >= 11 is 1.70. The first kappa shape index (κ1) is 12.6. The Morgan fingerprint density at radius 2 is 2.27 bits per heavy atom. The zero-order valence-corrected chi connectivity index (χ0v) is 8.88. The zero-order chi connectivity index (χ0) is 11.3. The first-order valence-corrected chi connectivity index (χ1v) is 5.77. The van der Waals surface area contributed by atoms with Gasteiger partial charge in [0, 0.05) is 30.5 Å². The number of halogens is 3. The smallest absolute Gasteiger partial charge is 0.347 e. The van der Waals surface area contributed by atoms with Crippen LogP contribution in [-0.2, 0) is 4.79 Å². The minimum atomic E-state index is -4.33. The lowest BCUT2D eigenvalue weighted by molar-refractivity contribution is -0.138. The molecule has 1 heterocycles. The fraction of sp³-hybridized carbons (Fsp3) is 0.875. The summed E-state index contributed by atoms with van der Waals surface area (Å²) in [5, 5.41) is 4.94. The van der Waals surface area contributed by atoms with E-state index in [-0.39, 0.29) is 12.5 Å². The van der Waals surface area contributed by atoms with E-state index in [2.05, 4.69) is 5.32 Å². The van der Waals surface area contributed by atoms with Gasteiger partial charge in [-0.2, -0.15) is 24.9 Å². The normalized spacial score (nSPS) is 22.5. The molecule has 15 heavy (non-hydrogen) atoms. The van der Waals surface area contributed by atoms with Gasteiger partial charge >= 0.3 is 6.18 Å². The third-order valence-electron chi connectivity index (χ3n) is 1.92. The molecular formula is C8H13F3N2OS. The van der Waals surface area contributed by atoms with Gasteiger partial charge in [0.25, 0.3) is 0 Å². The van der Waals surface area contributed by atoms with Crippen molar-refractivity contribution in [2.24, 2.45) is 0 Å². The molecular weight excluding hydrogens is 229 g/mol. The number of hydrogen-bond acceptors (Lipinski definition) is 3. The molecule has 1 aliphatic rings. The number of amides is 1. The Hall–Kier alpha value is -0.430. The molecule has 0 bridgehead atoms. The minimum Gasteiger partial charge on any atom is -0.347 e. The second kappa shape index (κ2) is 5.60. The monoisotopic (exact) mass is 242 g/mol. The summed E-state index contributed by atoms with van der Waals surface area (Å²) in [4.78, 5) is 11.1. The fourth-order valence-corrected chi connectivity index (χ4v) is 2.19. The number of nitrogens with one attached hydrogen (secondary N) is 2. The highest BCUT2D eigenvalue weighted by Crippen LogP contribution is 2.13. The molecule has 88 valence electrons. The molecule has 1 fully saturated rings. The molecule has 1 saturated heterocycles. The molecule has 0 aromatic heterocycles. The molecule has 1 atom stereocenters. The maximum atomic E-state index is 11.8. The van der Waals surface area contributed by atoms with Gasteiger partial charge in [-0.05, 0) is 0 Å². The maximum absolute atomic E-state index is 11.8. The maximum Gasteiger partial charge on any atom is 0.405 e. The highest BCUT2D eigenvalue weighted by atomic mass is 32.2. The lowest BCUT2D eigenvalue weighted by Crippen LogP contribution is -2.42. The van der Waals surface area contributed by atoms with Crippen molar-refractivity contribution in [3.05, 3.63) is 0 Å². The van der Waals surface area contributed by atoms with E-state index in [1.165, 1.54) is 0 Å². The van der Waals surface area contributed by atoms with Crippen molar-refractivity contribution in [2.45, 2.75) is 18.6 Å². The van der Waals surface area contributed by atoms with Crippen molar-refractivity contribution >= 4 is 17.7 Å². The van der Waals surface area contributed by atoms with Gasteiger partial charge in [0.05, 0.1) is 0 Å². The van der Waals surface area contributed by atoms with Gasteiger partial charge in [-0.15, -0.1) is 0 Å². The Morgan fingerprint density at radius 1 is 1.53 bits per heavy atom. The largest absolute Gasteiger partial charge is 0.405 e. The number of carbonyl (C=O) groups excluding carboxylic acids is 1. The Balaban J connectivity index is 2.17. The molecule has 1 aliphatic heterocycles. The summed E-state index contributed by atoms with van der Waals surface area (Å²) in [6, 6.07) is -0.00279. The van der Waals surface area contributed by atoms with Crippen LogP contribution in [0.2, 0.25) is 0 Å². The second-order valence-electron chi connectivity index (χ2n) is 3.32. The molecule has 2 N–H and O–H groups in total. The Kier molecular flexibility index (Phi) is 4.72. The summed E-state index contributed by atoms with van der Waals surface area (Å²) in [6.07, 6.45) is -4.21. The summed E-state index contributed by atoms with van der Waals surface area (Å²) in [7, 11) is 0. The molecule has 0 spiro atoms. The zero-order valence-electron chi connectivity index (χ0n) is 8.06. The van der Waals surface area contributed by atoms with Gasteiger partial charge in [-0.25, -0.2) is 0 Å². The van der Waals surface area contributed by atoms with E-state index >= 15 is 0 Å². The summed E-state index contributed by atoms with van der Waals surface area (Å²) in [6.45, 7) is -0.437. The molecule has 1 amide bonds. The van der Waals surface area contributed by atoms with Crippen molar-refractivity contribution in [1.29, 1.82) is 0 Å². The third kappa shape index (κ3) is 5.88. The van der Waals surface area contributed by atoms with E-state index in [0.717, 1.165) is 18.1 Å². The number of carbonyl (C=O) groups is 1. The quantitative estimate of drug-likeness (QED) is 0.767. The third-order valence-corrected chi connectivity index (χ3v) is 3.05. The van der Waals surface area contributed by atoms with E-state index in [1.54, 1.807) is 11.8 Å². The van der Waals surface area contributed by atoms with E-state index in [1.807, 2.05) is 5.32 Å². The summed E-state index contributed by atoms with van der Waals surface area (Å²) < 4.78 is 35.3. The SMILES string of the molecule is O=C(CC1CSCCN1)NCC(F)(F)F. The topological polar surface area (TPSA) is 41.1 Å². The van der Waals surface area contributed by atoms with Gasteiger partial charge < -0.3 is 10.6 Å². The van der Waals surface area contributed by atoms with Gasteiger partial charge in [0.1, 0.15) is 6.54 Å². The first-order valence-electron chi connectivity index (χ1n) is 4.62. The molecule has 3 nitrogen and oxygen atoms in total.